The van der Waals surface area contributed by atoms with E-state index in [1.54, 1.807) is 0 Å². The second kappa shape index (κ2) is 15.3. The van der Waals surface area contributed by atoms with E-state index in [4.69, 9.17) is 0 Å². The second-order valence-electron chi connectivity index (χ2n) is 13.6. The molecule has 0 unspecified atom stereocenters. The first-order chi connectivity index (χ1) is 28.8. The highest BCUT2D eigenvalue weighted by molar-refractivity contribution is 5.88. The standard InChI is InChI=1S/C32H14F33N/c33-17(34,11-12-66-15-7-3-1-5-13(15)9-10-14-6-2-4-8-16(14)66)18(35,36)19(37,38)20(39,40)21(41,42)22(43,44)23(45,46)24(47,48)25(49,50)26(51,52)27(53,54)28(55,56)29(57,58)30(59,60)31(61,62)32(63,64)65/h1-10H,11-12H2. The van der Waals surface area contributed by atoms with Crippen LogP contribution in [0, 0.1) is 0 Å². The number of alkyl halides is 33. The zero-order chi connectivity index (χ0) is 52.4. The predicted molar refractivity (Wildman–Crippen MR) is 154 cm³/mol. The molecule has 0 radical (unpaired) electrons. The number of rotatable bonds is 17. The van der Waals surface area contributed by atoms with Gasteiger partial charge >= 0.3 is 95.0 Å². The molecule has 0 aromatic heterocycles. The molecule has 378 valence electrons. The van der Waals surface area contributed by atoms with Crippen LogP contribution in [0.15, 0.2) is 48.5 Å². The summed E-state index contributed by atoms with van der Waals surface area (Å²) < 4.78 is 461. The van der Waals surface area contributed by atoms with Gasteiger partial charge in [-0.15, -0.1) is 0 Å². The number of hydrogen-bond donors (Lipinski definition) is 0. The monoisotopic (exact) mass is 1040 g/mol. The molecule has 0 fully saturated rings. The van der Waals surface area contributed by atoms with Gasteiger partial charge in [0.2, 0.25) is 0 Å². The lowest BCUT2D eigenvalue weighted by molar-refractivity contribution is -0.491. The molecule has 0 aliphatic carbocycles. The Morgan fingerprint density at radius 1 is 0.273 bits per heavy atom. The maximum Gasteiger partial charge on any atom is 0.460 e. The van der Waals surface area contributed by atoms with E-state index in [0.29, 0.717) is 4.90 Å². The van der Waals surface area contributed by atoms with Crippen LogP contribution in [0.4, 0.5) is 156 Å². The van der Waals surface area contributed by atoms with Crippen molar-refractivity contribution in [2.45, 2.75) is 101 Å². The molecule has 34 heteroatoms. The largest absolute Gasteiger partial charge is 0.460 e. The van der Waals surface area contributed by atoms with E-state index in [1.165, 1.54) is 24.3 Å². The Morgan fingerprint density at radius 2 is 0.485 bits per heavy atom. The van der Waals surface area contributed by atoms with Gasteiger partial charge in [-0.3, -0.25) is 0 Å². The quantitative estimate of drug-likeness (QED) is 0.143. The zero-order valence-corrected chi connectivity index (χ0v) is 30.1. The van der Waals surface area contributed by atoms with Crippen molar-refractivity contribution < 1.29 is 145 Å². The summed E-state index contributed by atoms with van der Waals surface area (Å²) in [6, 6.07) is 8.97. The average molecular weight is 1040 g/mol. The lowest BCUT2D eigenvalue weighted by Gasteiger charge is -2.47. The Morgan fingerprint density at radius 3 is 0.727 bits per heavy atom. The van der Waals surface area contributed by atoms with Crippen LogP contribution >= 0.6 is 0 Å². The van der Waals surface area contributed by atoms with E-state index < -0.39 is 108 Å². The van der Waals surface area contributed by atoms with Crippen molar-refractivity contribution >= 4 is 23.5 Å². The molecule has 1 nitrogen and oxygen atoms in total. The zero-order valence-electron chi connectivity index (χ0n) is 30.1. The van der Waals surface area contributed by atoms with Crippen molar-refractivity contribution in [3.63, 3.8) is 0 Å². The van der Waals surface area contributed by atoms with Crippen LogP contribution in [0.5, 0.6) is 0 Å². The van der Waals surface area contributed by atoms with Gasteiger partial charge in [-0.05, 0) is 23.3 Å². The molecule has 2 aromatic carbocycles. The Bertz CT molecular complexity index is 2080. The minimum Gasteiger partial charge on any atom is -0.340 e. The second-order valence-corrected chi connectivity index (χ2v) is 13.6. The SMILES string of the molecule is FC(F)(F)C(F)(F)C(F)(F)C(F)(F)C(F)(F)C(F)(F)C(F)(F)C(F)(F)C(F)(F)C(F)(F)C(F)(F)C(F)(F)C(F)(F)C(F)(F)C(F)(F)C(F)(F)CCN1c2ccccc2C=Cc2ccccc21. The molecule has 2 aromatic rings. The van der Waals surface area contributed by atoms with Gasteiger partial charge in [0.05, 0.1) is 0 Å². The maximum atomic E-state index is 14.9. The fraction of sp³-hybridized carbons (Fsp3) is 0.562. The Labute approximate surface area is 341 Å². The summed E-state index contributed by atoms with van der Waals surface area (Å²) >= 11 is 0. The molecule has 0 amide bonds. The minimum atomic E-state index is -10.2. The predicted octanol–water partition coefficient (Wildman–Crippen LogP) is 14.8. The van der Waals surface area contributed by atoms with Crippen molar-refractivity contribution in [2.75, 3.05) is 11.4 Å². The third kappa shape index (κ3) is 6.97. The average Bonchev–Trinajstić information content (AvgIpc) is 3.32. The van der Waals surface area contributed by atoms with E-state index >= 15 is 0 Å². The van der Waals surface area contributed by atoms with Crippen LogP contribution in [-0.4, -0.2) is 102 Å². The van der Waals surface area contributed by atoms with Gasteiger partial charge in [0.25, 0.3) is 0 Å². The number of benzene rings is 2. The molecule has 66 heavy (non-hydrogen) atoms. The Balaban J connectivity index is 2.12. The molecule has 1 aliphatic rings. The van der Waals surface area contributed by atoms with Crippen LogP contribution in [0.2, 0.25) is 0 Å². The molecule has 0 atom stereocenters. The third-order valence-corrected chi connectivity index (χ3v) is 9.49. The molecule has 0 bridgehead atoms. The van der Waals surface area contributed by atoms with E-state index in [-0.39, 0.29) is 22.5 Å². The Hall–Kier alpha value is -4.33. The van der Waals surface area contributed by atoms with Gasteiger partial charge < -0.3 is 4.90 Å². The number of nitrogens with zero attached hydrogens (tertiary/aromatic N) is 1. The normalized spacial score (nSPS) is 16.6. The molecule has 0 saturated heterocycles. The highest BCUT2D eigenvalue weighted by Gasteiger charge is 3.01. The summed E-state index contributed by atoms with van der Waals surface area (Å²) in [5.74, 6) is -143. The highest BCUT2D eigenvalue weighted by Crippen LogP contribution is 2.70. The molecule has 1 heterocycles. The fourth-order valence-electron chi connectivity index (χ4n) is 5.48. The first-order valence-electron chi connectivity index (χ1n) is 16.2. The first-order valence-corrected chi connectivity index (χ1v) is 16.2. The first kappa shape index (κ1) is 56.0. The van der Waals surface area contributed by atoms with Crippen molar-refractivity contribution in [2.24, 2.45) is 0 Å². The van der Waals surface area contributed by atoms with E-state index in [1.807, 2.05) is 0 Å². The molecule has 1 aliphatic heterocycles. The molecular weight excluding hydrogens is 1030 g/mol. The molecule has 0 N–H and O–H groups in total. The lowest BCUT2D eigenvalue weighted by Crippen LogP contribution is -2.80. The third-order valence-electron chi connectivity index (χ3n) is 9.49. The van der Waals surface area contributed by atoms with Crippen LogP contribution < -0.4 is 4.90 Å². The van der Waals surface area contributed by atoms with Crippen molar-refractivity contribution in [1.29, 1.82) is 0 Å². The van der Waals surface area contributed by atoms with Crippen LogP contribution in [0.1, 0.15) is 17.5 Å². The number of fused-ring (bicyclic) bond motifs is 2. The summed E-state index contributed by atoms with van der Waals surface area (Å²) in [5.41, 5.74) is -0.734. The summed E-state index contributed by atoms with van der Waals surface area (Å²) in [7, 11) is 0. The summed E-state index contributed by atoms with van der Waals surface area (Å²) in [6.45, 7) is -1.85. The molecule has 0 saturated carbocycles. The van der Waals surface area contributed by atoms with Gasteiger partial charge in [-0.2, -0.15) is 145 Å². The van der Waals surface area contributed by atoms with E-state index in [9.17, 15) is 145 Å². The van der Waals surface area contributed by atoms with Gasteiger partial charge in [-0.25, -0.2) is 0 Å². The summed E-state index contributed by atoms with van der Waals surface area (Å²) in [6.07, 6.45) is -9.04. The van der Waals surface area contributed by atoms with Gasteiger partial charge in [0.15, 0.2) is 0 Å². The lowest BCUT2D eigenvalue weighted by atomic mass is 9.82. The number of halogens is 33. The van der Waals surface area contributed by atoms with Crippen LogP contribution in [0.3, 0.4) is 0 Å². The van der Waals surface area contributed by atoms with Crippen LogP contribution in [0.25, 0.3) is 12.2 Å². The minimum absolute atomic E-state index is 0.0360. The maximum absolute atomic E-state index is 14.9. The molecule has 0 spiro atoms. The van der Waals surface area contributed by atoms with Crippen molar-refractivity contribution in [3.05, 3.63) is 59.7 Å². The number of para-hydroxylation sites is 2. The van der Waals surface area contributed by atoms with Crippen molar-refractivity contribution in [1.82, 2.24) is 0 Å². The van der Waals surface area contributed by atoms with Crippen LogP contribution in [-0.2, 0) is 0 Å². The highest BCUT2D eigenvalue weighted by atomic mass is 19.4. The topological polar surface area (TPSA) is 3.24 Å². The molecule has 3 rings (SSSR count). The van der Waals surface area contributed by atoms with Gasteiger partial charge in [-0.1, -0.05) is 48.6 Å². The summed E-state index contributed by atoms with van der Waals surface area (Å²) in [5, 5.41) is 0. The van der Waals surface area contributed by atoms with Crippen molar-refractivity contribution in [3.8, 4) is 0 Å². The Kier molecular flexibility index (Phi) is 13.0. The fourth-order valence-corrected chi connectivity index (χ4v) is 5.48. The van der Waals surface area contributed by atoms with E-state index in [2.05, 4.69) is 0 Å². The van der Waals surface area contributed by atoms with Gasteiger partial charge in [0.1, 0.15) is 0 Å². The summed E-state index contributed by atoms with van der Waals surface area (Å²) in [4.78, 5) is 0.510. The smallest absolute Gasteiger partial charge is 0.340 e. The van der Waals surface area contributed by atoms with Gasteiger partial charge in [0, 0.05) is 24.3 Å². The number of anilines is 2. The van der Waals surface area contributed by atoms with E-state index in [0.717, 1.165) is 36.4 Å². The number of hydrogen-bond acceptors (Lipinski definition) is 1. The molecular formula is C32H14F33N.